The third-order valence-corrected chi connectivity index (χ3v) is 3.96. The highest BCUT2D eigenvalue weighted by molar-refractivity contribution is 5.95. The lowest BCUT2D eigenvalue weighted by molar-refractivity contribution is -0.141. The second-order valence-corrected chi connectivity index (χ2v) is 5.61. The number of likely N-dealkylation sites (tertiary alicyclic amines) is 1. The molecule has 0 saturated carbocycles. The van der Waals surface area contributed by atoms with Gasteiger partial charge in [0.2, 0.25) is 5.95 Å². The standard InChI is InChI=1S/C14H20F3N5O2/c15-14(16,17)11-10(7-20-13(18)21-11)12(24)19-4-6-22-5-2-1-3-9(22)8-23/h7,9,23H,1-6,8H2,(H,19,24)(H2,18,20,21)/t9-/m0/s1. The number of hydrogen-bond acceptors (Lipinski definition) is 6. The van der Waals surface area contributed by atoms with Crippen LogP contribution in [0.2, 0.25) is 0 Å². The van der Waals surface area contributed by atoms with Gasteiger partial charge in [-0.3, -0.25) is 9.69 Å². The van der Waals surface area contributed by atoms with Crippen LogP contribution in [0.25, 0.3) is 0 Å². The average molecular weight is 347 g/mol. The van der Waals surface area contributed by atoms with Crippen molar-refractivity contribution in [1.82, 2.24) is 20.2 Å². The first-order valence-corrected chi connectivity index (χ1v) is 7.65. The molecule has 10 heteroatoms. The van der Waals surface area contributed by atoms with Crippen LogP contribution < -0.4 is 11.1 Å². The maximum absolute atomic E-state index is 12.9. The van der Waals surface area contributed by atoms with Crippen LogP contribution in [0.4, 0.5) is 19.1 Å². The van der Waals surface area contributed by atoms with E-state index in [2.05, 4.69) is 15.3 Å². The van der Waals surface area contributed by atoms with Gasteiger partial charge in [-0.05, 0) is 19.4 Å². The van der Waals surface area contributed by atoms with Gasteiger partial charge in [-0.25, -0.2) is 9.97 Å². The highest BCUT2D eigenvalue weighted by atomic mass is 19.4. The fourth-order valence-corrected chi connectivity index (χ4v) is 2.75. The first-order valence-electron chi connectivity index (χ1n) is 7.65. The SMILES string of the molecule is Nc1ncc(C(=O)NCCN2CCCC[C@H]2CO)c(C(F)(F)F)n1. The molecule has 1 atom stereocenters. The minimum Gasteiger partial charge on any atom is -0.395 e. The van der Waals surface area contributed by atoms with Crippen LogP contribution in [0.5, 0.6) is 0 Å². The third-order valence-electron chi connectivity index (χ3n) is 3.96. The monoisotopic (exact) mass is 347 g/mol. The largest absolute Gasteiger partial charge is 0.434 e. The minimum atomic E-state index is -4.79. The van der Waals surface area contributed by atoms with Crippen LogP contribution in [-0.4, -0.2) is 58.2 Å². The molecule has 24 heavy (non-hydrogen) atoms. The van der Waals surface area contributed by atoms with E-state index in [0.717, 1.165) is 32.0 Å². The van der Waals surface area contributed by atoms with Crippen molar-refractivity contribution < 1.29 is 23.1 Å². The van der Waals surface area contributed by atoms with Gasteiger partial charge >= 0.3 is 6.18 Å². The molecular formula is C14H20F3N5O2. The number of rotatable bonds is 5. The first kappa shape index (κ1) is 18.4. The van der Waals surface area contributed by atoms with Gasteiger partial charge in [0.15, 0.2) is 5.69 Å². The summed E-state index contributed by atoms with van der Waals surface area (Å²) in [5.41, 5.74) is 3.16. The van der Waals surface area contributed by atoms with E-state index in [1.165, 1.54) is 0 Å². The maximum atomic E-state index is 12.9. The summed E-state index contributed by atoms with van der Waals surface area (Å²) >= 11 is 0. The van der Waals surface area contributed by atoms with E-state index in [4.69, 9.17) is 5.73 Å². The second kappa shape index (κ2) is 7.75. The smallest absolute Gasteiger partial charge is 0.395 e. The van der Waals surface area contributed by atoms with Crippen molar-refractivity contribution in [1.29, 1.82) is 0 Å². The number of anilines is 1. The number of carbonyl (C=O) groups is 1. The number of halogens is 3. The van der Waals surface area contributed by atoms with Crippen LogP contribution in [0.15, 0.2) is 6.20 Å². The van der Waals surface area contributed by atoms with Crippen LogP contribution in [0, 0.1) is 0 Å². The molecule has 2 heterocycles. The summed E-state index contributed by atoms with van der Waals surface area (Å²) < 4.78 is 38.8. The molecule has 0 bridgehead atoms. The van der Waals surface area contributed by atoms with Crippen molar-refractivity contribution in [3.8, 4) is 0 Å². The number of carbonyl (C=O) groups excluding carboxylic acids is 1. The Labute approximate surface area is 137 Å². The number of hydrogen-bond donors (Lipinski definition) is 3. The summed E-state index contributed by atoms with van der Waals surface area (Å²) in [6.45, 7) is 1.43. The van der Waals surface area contributed by atoms with Gasteiger partial charge < -0.3 is 16.2 Å². The van der Waals surface area contributed by atoms with E-state index in [1.54, 1.807) is 0 Å². The Balaban J connectivity index is 1.98. The zero-order chi connectivity index (χ0) is 17.7. The molecule has 1 amide bonds. The second-order valence-electron chi connectivity index (χ2n) is 5.61. The minimum absolute atomic E-state index is 0.0258. The van der Waals surface area contributed by atoms with Gasteiger partial charge in [-0.1, -0.05) is 6.42 Å². The summed E-state index contributed by atoms with van der Waals surface area (Å²) in [6.07, 6.45) is -1.12. The van der Waals surface area contributed by atoms with E-state index < -0.39 is 29.3 Å². The van der Waals surface area contributed by atoms with Gasteiger partial charge in [0.05, 0.1) is 12.2 Å². The Morgan fingerprint density at radius 2 is 2.21 bits per heavy atom. The number of piperidine rings is 1. The summed E-state index contributed by atoms with van der Waals surface area (Å²) in [6, 6.07) is 0.0289. The predicted octanol–water partition coefficient (Wildman–Crippen LogP) is 0.654. The Morgan fingerprint density at radius 3 is 2.88 bits per heavy atom. The molecule has 1 aliphatic rings. The van der Waals surface area contributed by atoms with Crippen LogP contribution in [0.1, 0.15) is 35.3 Å². The van der Waals surface area contributed by atoms with E-state index in [1.807, 2.05) is 4.90 Å². The third kappa shape index (κ3) is 4.54. The number of nitrogens with one attached hydrogen (secondary N) is 1. The number of aliphatic hydroxyl groups excluding tert-OH is 1. The molecule has 2 rings (SSSR count). The molecule has 0 radical (unpaired) electrons. The summed E-state index contributed by atoms with van der Waals surface area (Å²) in [5.74, 6) is -1.45. The van der Waals surface area contributed by atoms with Gasteiger partial charge in [0.1, 0.15) is 0 Å². The van der Waals surface area contributed by atoms with Crippen LogP contribution in [-0.2, 0) is 6.18 Å². The van der Waals surface area contributed by atoms with Gasteiger partial charge in [0.25, 0.3) is 5.91 Å². The van der Waals surface area contributed by atoms with Crippen molar-refractivity contribution in [2.45, 2.75) is 31.5 Å². The Kier molecular flexibility index (Phi) is 5.94. The highest BCUT2D eigenvalue weighted by Crippen LogP contribution is 2.30. The number of nitrogens with two attached hydrogens (primary N) is 1. The van der Waals surface area contributed by atoms with Gasteiger partial charge in [-0.2, -0.15) is 13.2 Å². The van der Waals surface area contributed by atoms with Crippen molar-refractivity contribution in [2.24, 2.45) is 0 Å². The average Bonchev–Trinajstić information content (AvgIpc) is 2.54. The molecule has 134 valence electrons. The maximum Gasteiger partial charge on any atom is 0.434 e. The summed E-state index contributed by atoms with van der Waals surface area (Å²) in [5, 5.41) is 11.8. The van der Waals surface area contributed by atoms with Crippen molar-refractivity contribution in [2.75, 3.05) is 32.0 Å². The molecule has 1 aliphatic heterocycles. The number of nitrogen functional groups attached to an aromatic ring is 1. The summed E-state index contributed by atoms with van der Waals surface area (Å²) in [7, 11) is 0. The van der Waals surface area contributed by atoms with Crippen LogP contribution in [0.3, 0.4) is 0 Å². The molecule has 1 aromatic rings. The zero-order valence-electron chi connectivity index (χ0n) is 13.0. The lowest BCUT2D eigenvalue weighted by Crippen LogP contribution is -2.45. The Hall–Kier alpha value is -1.94. The highest BCUT2D eigenvalue weighted by Gasteiger charge is 2.38. The molecule has 0 aromatic carbocycles. The normalized spacial score (nSPS) is 19.2. The molecule has 7 nitrogen and oxygen atoms in total. The van der Waals surface area contributed by atoms with Crippen molar-refractivity contribution in [3.05, 3.63) is 17.5 Å². The van der Waals surface area contributed by atoms with E-state index in [-0.39, 0.29) is 19.2 Å². The molecule has 1 aromatic heterocycles. The molecule has 1 fully saturated rings. The molecule has 1 saturated heterocycles. The predicted molar refractivity (Wildman–Crippen MR) is 80.1 cm³/mol. The molecule has 0 spiro atoms. The molecule has 0 aliphatic carbocycles. The fraction of sp³-hybridized carbons (Fsp3) is 0.643. The molecule has 4 N–H and O–H groups in total. The van der Waals surface area contributed by atoms with Gasteiger partial charge in [-0.15, -0.1) is 0 Å². The summed E-state index contributed by atoms with van der Waals surface area (Å²) in [4.78, 5) is 20.6. The topological polar surface area (TPSA) is 104 Å². The van der Waals surface area contributed by atoms with E-state index >= 15 is 0 Å². The number of aromatic nitrogens is 2. The van der Waals surface area contributed by atoms with Crippen molar-refractivity contribution >= 4 is 11.9 Å². The molecule has 0 unspecified atom stereocenters. The number of amides is 1. The zero-order valence-corrected chi connectivity index (χ0v) is 13.0. The van der Waals surface area contributed by atoms with Crippen LogP contribution >= 0.6 is 0 Å². The van der Waals surface area contributed by atoms with Crippen molar-refractivity contribution in [3.63, 3.8) is 0 Å². The number of nitrogens with zero attached hydrogens (tertiary/aromatic N) is 3. The van der Waals surface area contributed by atoms with Gasteiger partial charge in [0, 0.05) is 25.3 Å². The lowest BCUT2D eigenvalue weighted by atomic mass is 10.0. The Bertz CT molecular complexity index is 582. The van der Waals surface area contributed by atoms with E-state index in [0.29, 0.717) is 6.54 Å². The first-order chi connectivity index (χ1) is 11.3. The van der Waals surface area contributed by atoms with E-state index in [9.17, 15) is 23.1 Å². The fourth-order valence-electron chi connectivity index (χ4n) is 2.75. The number of alkyl halides is 3. The quantitative estimate of drug-likeness (QED) is 0.723. The Morgan fingerprint density at radius 1 is 1.46 bits per heavy atom. The lowest BCUT2D eigenvalue weighted by Gasteiger charge is -2.34. The molecular weight excluding hydrogens is 327 g/mol. The number of aliphatic hydroxyl groups is 1.